The lowest BCUT2D eigenvalue weighted by Crippen LogP contribution is -2.45. The summed E-state index contributed by atoms with van der Waals surface area (Å²) in [5, 5.41) is 0. The maximum absolute atomic E-state index is 13.1. The molecule has 0 radical (unpaired) electrons. The zero-order chi connectivity index (χ0) is 21.6. The van der Waals surface area contributed by atoms with Crippen LogP contribution in [0.25, 0.3) is 0 Å². The van der Waals surface area contributed by atoms with Gasteiger partial charge < -0.3 is 14.5 Å². The van der Waals surface area contributed by atoms with Crippen LogP contribution in [0.2, 0.25) is 0 Å². The molecule has 2 heterocycles. The standard InChI is InChI=1S/C22H35N3O4S/c1-18-8-12-24(13-9-18)16-19-5-4-11-25(17-19)22(26)20-6-3-7-21(15-20)30(27,28)23-10-14-29-2/h3,6-7,15,18-19,23H,4-5,8-14,16-17H2,1-2H3. The third-order valence-electron chi connectivity index (χ3n) is 6.19. The molecule has 1 unspecified atom stereocenters. The number of benzene rings is 1. The zero-order valence-corrected chi connectivity index (χ0v) is 19.0. The predicted octanol–water partition coefficient (Wildman–Crippen LogP) is 2.20. The number of piperidine rings is 2. The van der Waals surface area contributed by atoms with Crippen molar-refractivity contribution in [2.75, 3.05) is 53.0 Å². The Bertz CT molecular complexity index is 806. The molecule has 7 nitrogen and oxygen atoms in total. The van der Waals surface area contributed by atoms with Gasteiger partial charge in [0.25, 0.3) is 5.91 Å². The highest BCUT2D eigenvalue weighted by molar-refractivity contribution is 7.89. The second-order valence-electron chi connectivity index (χ2n) is 8.66. The number of carbonyl (C=O) groups excluding carboxylic acids is 1. The highest BCUT2D eigenvalue weighted by Crippen LogP contribution is 2.23. The van der Waals surface area contributed by atoms with E-state index in [9.17, 15) is 13.2 Å². The number of carbonyl (C=O) groups is 1. The molecule has 2 aliphatic heterocycles. The minimum absolute atomic E-state index is 0.0825. The van der Waals surface area contributed by atoms with Crippen molar-refractivity contribution in [2.24, 2.45) is 11.8 Å². The molecular weight excluding hydrogens is 402 g/mol. The fraction of sp³-hybridized carbons (Fsp3) is 0.682. The number of likely N-dealkylation sites (tertiary alicyclic amines) is 2. The summed E-state index contributed by atoms with van der Waals surface area (Å²) in [7, 11) is -2.14. The first kappa shape index (κ1) is 23.2. The summed E-state index contributed by atoms with van der Waals surface area (Å²) in [6.45, 7) is 7.64. The summed E-state index contributed by atoms with van der Waals surface area (Å²) in [5.74, 6) is 1.22. The minimum Gasteiger partial charge on any atom is -0.383 e. The number of nitrogens with one attached hydrogen (secondary N) is 1. The van der Waals surface area contributed by atoms with Gasteiger partial charge in [-0.2, -0.15) is 0 Å². The van der Waals surface area contributed by atoms with E-state index in [1.165, 1.54) is 32.1 Å². The molecule has 0 spiro atoms. The van der Waals surface area contributed by atoms with Crippen LogP contribution in [0, 0.1) is 11.8 Å². The van der Waals surface area contributed by atoms with Gasteiger partial charge in [-0.15, -0.1) is 0 Å². The van der Waals surface area contributed by atoms with Gasteiger partial charge in [0, 0.05) is 38.9 Å². The van der Waals surface area contributed by atoms with Gasteiger partial charge in [-0.3, -0.25) is 4.79 Å². The van der Waals surface area contributed by atoms with Crippen molar-refractivity contribution < 1.29 is 17.9 Å². The Morgan fingerprint density at radius 3 is 2.70 bits per heavy atom. The van der Waals surface area contributed by atoms with Crippen LogP contribution in [0.5, 0.6) is 0 Å². The van der Waals surface area contributed by atoms with E-state index in [1.54, 1.807) is 12.1 Å². The fourth-order valence-electron chi connectivity index (χ4n) is 4.35. The van der Waals surface area contributed by atoms with E-state index in [2.05, 4.69) is 16.5 Å². The van der Waals surface area contributed by atoms with Crippen molar-refractivity contribution in [3.63, 3.8) is 0 Å². The largest absolute Gasteiger partial charge is 0.383 e. The van der Waals surface area contributed by atoms with Gasteiger partial charge in [0.15, 0.2) is 0 Å². The lowest BCUT2D eigenvalue weighted by atomic mass is 9.94. The monoisotopic (exact) mass is 437 g/mol. The molecule has 0 aromatic heterocycles. The van der Waals surface area contributed by atoms with Gasteiger partial charge >= 0.3 is 0 Å². The molecule has 1 aromatic rings. The van der Waals surface area contributed by atoms with Crippen LogP contribution >= 0.6 is 0 Å². The average Bonchev–Trinajstić information content (AvgIpc) is 2.75. The lowest BCUT2D eigenvalue weighted by molar-refractivity contribution is 0.0622. The van der Waals surface area contributed by atoms with Crippen LogP contribution in [-0.2, 0) is 14.8 Å². The van der Waals surface area contributed by atoms with Gasteiger partial charge in [0.2, 0.25) is 10.0 Å². The van der Waals surface area contributed by atoms with Gasteiger partial charge in [-0.25, -0.2) is 13.1 Å². The molecule has 168 valence electrons. The molecule has 0 bridgehead atoms. The van der Waals surface area contributed by atoms with Crippen molar-refractivity contribution in [1.82, 2.24) is 14.5 Å². The van der Waals surface area contributed by atoms with Gasteiger partial charge in [-0.1, -0.05) is 13.0 Å². The molecule has 0 saturated carbocycles. The van der Waals surface area contributed by atoms with E-state index in [1.807, 2.05) is 4.90 Å². The third kappa shape index (κ3) is 6.26. The molecule has 3 rings (SSSR count). The van der Waals surface area contributed by atoms with Gasteiger partial charge in [0.1, 0.15) is 0 Å². The number of rotatable bonds is 8. The molecule has 8 heteroatoms. The van der Waals surface area contributed by atoms with E-state index in [0.29, 0.717) is 18.1 Å². The van der Waals surface area contributed by atoms with Crippen LogP contribution in [0.4, 0.5) is 0 Å². The van der Waals surface area contributed by atoms with E-state index in [0.717, 1.165) is 51.5 Å². The molecule has 2 fully saturated rings. The second-order valence-corrected chi connectivity index (χ2v) is 10.4. The Kier molecular flexibility index (Phi) is 8.27. The maximum Gasteiger partial charge on any atom is 0.253 e. The number of amides is 1. The minimum atomic E-state index is -3.66. The molecule has 2 aliphatic rings. The van der Waals surface area contributed by atoms with E-state index in [4.69, 9.17) is 4.74 Å². The van der Waals surface area contributed by atoms with Gasteiger partial charge in [0.05, 0.1) is 11.5 Å². The second kappa shape index (κ2) is 10.7. The Morgan fingerprint density at radius 2 is 1.97 bits per heavy atom. The lowest BCUT2D eigenvalue weighted by Gasteiger charge is -2.38. The fourth-order valence-corrected chi connectivity index (χ4v) is 5.41. The van der Waals surface area contributed by atoms with Crippen LogP contribution in [0.1, 0.15) is 43.0 Å². The molecule has 1 amide bonds. The molecule has 30 heavy (non-hydrogen) atoms. The molecule has 1 aromatic carbocycles. The number of sulfonamides is 1. The molecule has 1 atom stereocenters. The van der Waals surface area contributed by atoms with Crippen LogP contribution in [-0.4, -0.2) is 77.1 Å². The van der Waals surface area contributed by atoms with E-state index in [-0.39, 0.29) is 17.3 Å². The highest BCUT2D eigenvalue weighted by atomic mass is 32.2. The topological polar surface area (TPSA) is 78.9 Å². The number of ether oxygens (including phenoxy) is 1. The Morgan fingerprint density at radius 1 is 1.20 bits per heavy atom. The zero-order valence-electron chi connectivity index (χ0n) is 18.2. The van der Waals surface area contributed by atoms with Crippen LogP contribution in [0.3, 0.4) is 0 Å². The first-order valence-electron chi connectivity index (χ1n) is 11.0. The van der Waals surface area contributed by atoms with E-state index >= 15 is 0 Å². The highest BCUT2D eigenvalue weighted by Gasteiger charge is 2.27. The van der Waals surface area contributed by atoms with Crippen molar-refractivity contribution in [2.45, 2.75) is 37.5 Å². The number of nitrogens with zero attached hydrogens (tertiary/aromatic N) is 2. The molecule has 1 N–H and O–H groups in total. The Balaban J connectivity index is 1.61. The quantitative estimate of drug-likeness (QED) is 0.631. The smallest absolute Gasteiger partial charge is 0.253 e. The molecule has 2 saturated heterocycles. The molecular formula is C22H35N3O4S. The van der Waals surface area contributed by atoms with E-state index < -0.39 is 10.0 Å². The number of hydrogen-bond donors (Lipinski definition) is 1. The van der Waals surface area contributed by atoms with Crippen molar-refractivity contribution in [3.8, 4) is 0 Å². The van der Waals surface area contributed by atoms with Crippen LogP contribution in [0.15, 0.2) is 29.2 Å². The SMILES string of the molecule is COCCNS(=O)(=O)c1cccc(C(=O)N2CCCC(CN3CCC(C)CC3)C2)c1. The Hall–Kier alpha value is -1.48. The number of methoxy groups -OCH3 is 1. The van der Waals surface area contributed by atoms with Crippen molar-refractivity contribution in [1.29, 1.82) is 0 Å². The van der Waals surface area contributed by atoms with Gasteiger partial charge in [-0.05, 0) is 68.8 Å². The van der Waals surface area contributed by atoms with Crippen molar-refractivity contribution in [3.05, 3.63) is 29.8 Å². The van der Waals surface area contributed by atoms with Crippen molar-refractivity contribution >= 4 is 15.9 Å². The summed E-state index contributed by atoms with van der Waals surface area (Å²) in [4.78, 5) is 17.6. The normalized spacial score (nSPS) is 21.7. The third-order valence-corrected chi connectivity index (χ3v) is 7.65. The predicted molar refractivity (Wildman–Crippen MR) is 117 cm³/mol. The number of hydrogen-bond acceptors (Lipinski definition) is 5. The summed E-state index contributed by atoms with van der Waals surface area (Å²) in [6.07, 6.45) is 4.66. The van der Waals surface area contributed by atoms with Crippen LogP contribution < -0.4 is 4.72 Å². The summed E-state index contributed by atoms with van der Waals surface area (Å²) >= 11 is 0. The maximum atomic E-state index is 13.1. The summed E-state index contributed by atoms with van der Waals surface area (Å²) in [5.41, 5.74) is 0.428. The first-order valence-corrected chi connectivity index (χ1v) is 12.5. The molecule has 0 aliphatic carbocycles. The first-order chi connectivity index (χ1) is 14.4. The summed E-state index contributed by atoms with van der Waals surface area (Å²) in [6, 6.07) is 6.33. The Labute approximate surface area is 180 Å². The average molecular weight is 438 g/mol. The summed E-state index contributed by atoms with van der Waals surface area (Å²) < 4.78 is 32.3.